The largest absolute Gasteiger partial charge is 0.522 e. The molecule has 10 aromatic carbocycles. The van der Waals surface area contributed by atoms with Crippen molar-refractivity contribution in [3.05, 3.63) is 289 Å². The molecule has 16 rings (SSSR count). The fourth-order valence-electron chi connectivity index (χ4n) is 12.3. The summed E-state index contributed by atoms with van der Waals surface area (Å²) in [5.74, 6) is -0.250. The third-order valence-corrected chi connectivity index (χ3v) is 17.3. The molecule has 6 aromatic heterocycles. The van der Waals surface area contributed by atoms with Crippen molar-refractivity contribution in [1.29, 1.82) is 0 Å². The first kappa shape index (κ1) is 74.5. The van der Waals surface area contributed by atoms with Crippen LogP contribution in [0.25, 0.3) is 132 Å². The van der Waals surface area contributed by atoms with E-state index in [9.17, 15) is 13.2 Å². The van der Waals surface area contributed by atoms with Crippen LogP contribution >= 0.6 is 0 Å². The van der Waals surface area contributed by atoms with Crippen molar-refractivity contribution >= 4 is 97.1 Å². The van der Waals surface area contributed by atoms with Crippen LogP contribution in [0.4, 0.5) is 13.2 Å². The summed E-state index contributed by atoms with van der Waals surface area (Å²) in [6.45, 7) is 18.3. The van der Waals surface area contributed by atoms with Gasteiger partial charge >= 0.3 is 15.6 Å². The van der Waals surface area contributed by atoms with Crippen LogP contribution in [0, 0.1) is 60.9 Å². The number of rotatable bonds is 7. The van der Waals surface area contributed by atoms with Gasteiger partial charge in [0.05, 0.1) is 11.3 Å². The minimum Gasteiger partial charge on any atom is -0.501 e. The third kappa shape index (κ3) is 23.8. The van der Waals surface area contributed by atoms with Crippen LogP contribution in [0.5, 0.6) is 0 Å². The van der Waals surface area contributed by atoms with E-state index in [0.717, 1.165) is 97.4 Å². The van der Waals surface area contributed by atoms with Crippen LogP contribution < -0.4 is 0 Å². The molecular formula is C97H100F3Ir2N4O7S-3. The molecule has 0 unspecified atom stereocenters. The Kier molecular flexibility index (Phi) is 26.2. The molecule has 0 aliphatic rings. The minimum atomic E-state index is -5.84. The third-order valence-electron chi connectivity index (χ3n) is 16.7. The van der Waals surface area contributed by atoms with Gasteiger partial charge in [-0.2, -0.15) is 21.6 Å². The molecule has 598 valence electrons. The normalized spacial score (nSPS) is 13.5. The van der Waals surface area contributed by atoms with Crippen molar-refractivity contribution in [3.63, 3.8) is 0 Å². The average Bonchev–Trinajstić information content (AvgIpc) is 1.57. The zero-order valence-corrected chi connectivity index (χ0v) is 71.5. The summed E-state index contributed by atoms with van der Waals surface area (Å²) in [6.07, 6.45) is 3.99. The van der Waals surface area contributed by atoms with Crippen molar-refractivity contribution in [2.75, 3.05) is 14.2 Å². The van der Waals surface area contributed by atoms with Gasteiger partial charge < -0.3 is 34.0 Å². The Morgan fingerprint density at radius 1 is 0.456 bits per heavy atom. The molecule has 16 aromatic rings. The van der Waals surface area contributed by atoms with Crippen molar-refractivity contribution in [2.45, 2.75) is 128 Å². The van der Waals surface area contributed by atoms with E-state index in [2.05, 4.69) is 132 Å². The number of para-hydroxylation sites is 1. The smallest absolute Gasteiger partial charge is 0.501 e. The molecule has 0 saturated heterocycles. The number of aromatic nitrogens is 4. The molecule has 0 atom stereocenters. The van der Waals surface area contributed by atoms with Gasteiger partial charge in [-0.05, 0) is 174 Å². The second-order valence-electron chi connectivity index (χ2n) is 29.9. The predicted molar refractivity (Wildman–Crippen MR) is 458 cm³/mol. The predicted octanol–water partition coefficient (Wildman–Crippen LogP) is 25.8. The minimum absolute atomic E-state index is 0. The zero-order valence-electron chi connectivity index (χ0n) is 77.9. The molecule has 0 saturated carbocycles. The number of benzene rings is 10. The number of alkyl halides is 3. The van der Waals surface area contributed by atoms with Gasteiger partial charge in [0, 0.05) is 117 Å². The maximum absolute atomic E-state index is 10.7. The zero-order chi connectivity index (χ0) is 91.7. The monoisotopic (exact) mass is 1920 g/mol. The van der Waals surface area contributed by atoms with E-state index in [1.807, 2.05) is 175 Å². The average molecular weight is 1920 g/mol. The van der Waals surface area contributed by atoms with Gasteiger partial charge in [-0.15, -0.1) is 90.0 Å². The summed E-state index contributed by atoms with van der Waals surface area (Å²) in [7, 11) is -3.84. The number of hydrogen-bond acceptors (Lipinski definition) is 10. The van der Waals surface area contributed by atoms with Crippen LogP contribution in [0.2, 0.25) is 0 Å². The van der Waals surface area contributed by atoms with Gasteiger partial charge in [0.1, 0.15) is 16.7 Å². The number of aliphatic hydroxyl groups is 2. The summed E-state index contributed by atoms with van der Waals surface area (Å²) >= 11 is 0. The Morgan fingerprint density at radius 3 is 1.38 bits per heavy atom. The fourth-order valence-corrected chi connectivity index (χ4v) is 12.3. The molecule has 0 aliphatic heterocycles. The number of fused-ring (bicyclic) bond motifs is 14. The molecule has 6 heterocycles. The summed E-state index contributed by atoms with van der Waals surface area (Å²) in [5.41, 5.74) is 4.92. The number of furan rings is 2. The number of pyridine rings is 4. The van der Waals surface area contributed by atoms with Crippen molar-refractivity contribution < 1.29 is 102 Å². The SMILES string of the molecule is CC(C)(C)Cc1ccc(-c2[c-]cccc2)nc1.CO.CO.O=S(=O)(O)C(F)(F)F.[2H]C(C)(C)C.[2H]C([2H])([2H])c1cnc(-c2cccc3c2oc2ccc4c5ccccc5ccc4c23)cc1C([2H])([2H])C(C)(C)C.[2H]C([2H])(c1ccc(-c2[c-]cccc2)nc1)C(C)(C)C.[2H]Cc1cc(-c2[c-]ccc3c2oc2ccc4c5ccccc5ccc4c23)ncc1C([2H])([2H])[2H].[Ir].[Ir]. The van der Waals surface area contributed by atoms with E-state index in [1.54, 1.807) is 39.1 Å². The van der Waals surface area contributed by atoms with Crippen LogP contribution in [-0.4, -0.2) is 62.8 Å². The molecule has 11 nitrogen and oxygen atoms in total. The maximum Gasteiger partial charge on any atom is 0.522 e. The van der Waals surface area contributed by atoms with Gasteiger partial charge in [0.2, 0.25) is 0 Å². The molecule has 2 radical (unpaired) electrons. The van der Waals surface area contributed by atoms with Crippen molar-refractivity contribution in [2.24, 2.45) is 22.1 Å². The summed E-state index contributed by atoms with van der Waals surface area (Å²) < 4.78 is 166. The second kappa shape index (κ2) is 40.1. The molecule has 3 N–H and O–H groups in total. The maximum atomic E-state index is 10.7. The summed E-state index contributed by atoms with van der Waals surface area (Å²) in [5, 5.41) is 27.2. The molecule has 0 aliphatic carbocycles. The van der Waals surface area contributed by atoms with Gasteiger partial charge in [-0.25, -0.2) is 0 Å². The van der Waals surface area contributed by atoms with E-state index < -0.39 is 52.9 Å². The molecule has 0 fully saturated rings. The Bertz CT molecular complexity index is 6490. The number of aliphatic hydroxyl groups excluding tert-OH is 2. The van der Waals surface area contributed by atoms with E-state index >= 15 is 0 Å². The fraction of sp³-hybridized carbons (Fsp3) is 0.258. The summed E-state index contributed by atoms with van der Waals surface area (Å²) in [4.78, 5) is 17.8. The number of nitrogens with zero attached hydrogens (tertiary/aromatic N) is 4. The quantitative estimate of drug-likeness (QED) is 0.0600. The molecule has 17 heteroatoms. The Hall–Kier alpha value is -9.64. The summed E-state index contributed by atoms with van der Waals surface area (Å²) in [6, 6.07) is 79.2. The van der Waals surface area contributed by atoms with Gasteiger partial charge in [-0.1, -0.05) is 227 Å². The van der Waals surface area contributed by atoms with Crippen LogP contribution in [0.1, 0.15) is 133 Å². The first-order valence-corrected chi connectivity index (χ1v) is 37.4. The molecule has 0 amide bonds. The Labute approximate surface area is 712 Å². The van der Waals surface area contributed by atoms with E-state index in [4.69, 9.17) is 48.5 Å². The van der Waals surface area contributed by atoms with E-state index in [0.29, 0.717) is 50.2 Å². The molecule has 0 spiro atoms. The van der Waals surface area contributed by atoms with Gasteiger partial charge in [-0.3, -0.25) is 9.54 Å². The Morgan fingerprint density at radius 2 is 0.912 bits per heavy atom. The number of hydrogen-bond donors (Lipinski definition) is 3. The topological polar surface area (TPSA) is 173 Å². The first-order valence-electron chi connectivity index (χ1n) is 42.2. The standard InChI is InChI=1S/C31H27NO.C27H18NO.2C16H18N.C4H10.CHF3O3S.2CH4O.2Ir/c1-19-18-32-27(16-21(19)17-31(2,3)4)25-10-7-11-26-29-24-13-12-20-8-5-6-9-22(20)23(24)14-15-28(29)33-30(25)26;1-16-14-24(28-15-17(16)2)22-8-5-9-23-26-21-11-10-18-6-3-4-7-19(18)20(21)12-13-25(26)29-27(22)23;2*1-16(2,3)11-13-9-10-15(17-12-13)14-7-5-4-6-8-14;1-4(2)3;2-1(3,4)8(5,6)7;2*1-2;;/h5-16,18H,17H2,1-4H3;3-7,9-15H,1-2H3;2*4-7,9-10,12H,11H2,1-3H3;4H,1-3H3;(H,5,6,7);2*2H,1H3;;/q;3*-1;;;;;;/i1D3,17D2;1D,2D3;11D2;;4D;;;;;. The second-order valence-corrected chi connectivity index (χ2v) is 31.3. The molecule has 114 heavy (non-hydrogen) atoms. The van der Waals surface area contributed by atoms with E-state index in [1.165, 1.54) is 39.5 Å². The van der Waals surface area contributed by atoms with Gasteiger partial charge in [0.15, 0.2) is 0 Å². The van der Waals surface area contributed by atoms with E-state index in [-0.39, 0.29) is 69.7 Å². The molecule has 0 bridgehead atoms. The van der Waals surface area contributed by atoms with Crippen molar-refractivity contribution in [3.8, 4) is 45.0 Å². The van der Waals surface area contributed by atoms with Crippen molar-refractivity contribution in [1.82, 2.24) is 19.9 Å². The molecular weight excluding hydrogens is 1810 g/mol. The first-order chi connectivity index (χ1) is 57.9. The van der Waals surface area contributed by atoms with Crippen LogP contribution in [-0.2, 0) is 69.5 Å². The number of halogens is 3. The van der Waals surface area contributed by atoms with Crippen LogP contribution in [0.3, 0.4) is 0 Å². The Balaban J connectivity index is 0.000000224. The van der Waals surface area contributed by atoms with Gasteiger partial charge in [0.25, 0.3) is 0 Å². The van der Waals surface area contributed by atoms with Crippen LogP contribution in [0.15, 0.2) is 246 Å². The number of aryl methyl sites for hydroxylation is 3.